The lowest BCUT2D eigenvalue weighted by molar-refractivity contribution is -0.124. The van der Waals surface area contributed by atoms with Crippen LogP contribution in [0.15, 0.2) is 48.5 Å². The minimum absolute atomic E-state index is 0.00863. The molecule has 0 aliphatic heterocycles. The Hall–Kier alpha value is -4.12. The van der Waals surface area contributed by atoms with Gasteiger partial charge < -0.3 is 26.3 Å². The number of hydrogen-bond acceptors (Lipinski definition) is 8. The molecule has 0 aliphatic carbocycles. The van der Waals surface area contributed by atoms with Crippen LogP contribution in [0.5, 0.6) is 11.5 Å². The summed E-state index contributed by atoms with van der Waals surface area (Å²) in [5.41, 5.74) is 11.5. The van der Waals surface area contributed by atoms with Crippen LogP contribution < -0.4 is 31.2 Å². The Labute approximate surface area is 219 Å². The summed E-state index contributed by atoms with van der Waals surface area (Å²) < 4.78 is 14.5. The number of nitrogens with zero attached hydrogens (tertiary/aromatic N) is 2. The summed E-state index contributed by atoms with van der Waals surface area (Å²) in [6, 6.07) is 12.4. The third-order valence-electron chi connectivity index (χ3n) is 6.01. The number of rotatable bonds is 10. The van der Waals surface area contributed by atoms with Crippen LogP contribution in [0, 0.1) is 0 Å². The van der Waals surface area contributed by atoms with E-state index < -0.39 is 29.3 Å². The average molecular weight is 526 g/mol. The van der Waals surface area contributed by atoms with E-state index in [1.165, 1.54) is 12.0 Å². The summed E-state index contributed by atoms with van der Waals surface area (Å²) in [5, 5.41) is 3.04. The first-order chi connectivity index (χ1) is 17.5. The van der Waals surface area contributed by atoms with Crippen molar-refractivity contribution in [2.75, 3.05) is 24.9 Å². The Bertz CT molecular complexity index is 1270. The van der Waals surface area contributed by atoms with Gasteiger partial charge in [-0.15, -0.1) is 0 Å². The van der Waals surface area contributed by atoms with Crippen molar-refractivity contribution in [3.05, 3.63) is 64.7 Å². The van der Waals surface area contributed by atoms with E-state index in [2.05, 4.69) is 9.69 Å². The maximum atomic E-state index is 14.1. The third kappa shape index (κ3) is 6.00. The quantitative estimate of drug-likeness (QED) is 0.366. The molecule has 10 nitrogen and oxygen atoms in total. The Balaban J connectivity index is 2.23. The molecule has 0 spiro atoms. The molecule has 0 bridgehead atoms. The van der Waals surface area contributed by atoms with Crippen molar-refractivity contribution in [2.24, 2.45) is 5.73 Å². The molecule has 3 rings (SSSR count). The highest BCUT2D eigenvalue weighted by atomic mass is 32.1. The largest absolute Gasteiger partial charge is 0.497 e. The molecule has 1 aromatic heterocycles. The molecular formula is C26H31N5O5S. The number of amides is 3. The van der Waals surface area contributed by atoms with Gasteiger partial charge >= 0.3 is 0 Å². The maximum absolute atomic E-state index is 14.1. The van der Waals surface area contributed by atoms with Crippen molar-refractivity contribution in [1.29, 1.82) is 0 Å². The van der Waals surface area contributed by atoms with E-state index >= 15 is 0 Å². The predicted molar refractivity (Wildman–Crippen MR) is 143 cm³/mol. The van der Waals surface area contributed by atoms with Crippen LogP contribution in [-0.2, 0) is 4.79 Å². The Morgan fingerprint density at radius 3 is 2.03 bits per heavy atom. The number of nitrogens with one attached hydrogen (secondary N) is 1. The fourth-order valence-electron chi connectivity index (χ4n) is 3.56. The van der Waals surface area contributed by atoms with Crippen LogP contribution in [0.1, 0.15) is 59.0 Å². The lowest BCUT2D eigenvalue weighted by Gasteiger charge is -2.34. The van der Waals surface area contributed by atoms with Crippen LogP contribution in [-0.4, -0.2) is 41.9 Å². The average Bonchev–Trinajstić information content (AvgIpc) is 3.28. The fraction of sp³-hybridized carbons (Fsp3) is 0.308. The van der Waals surface area contributed by atoms with Crippen molar-refractivity contribution >= 4 is 40.6 Å². The Kier molecular flexibility index (Phi) is 8.38. The second kappa shape index (κ2) is 11.3. The van der Waals surface area contributed by atoms with Crippen molar-refractivity contribution in [1.82, 2.24) is 9.69 Å². The van der Waals surface area contributed by atoms with Gasteiger partial charge in [0.15, 0.2) is 5.69 Å². The smallest absolute Gasteiger partial charge is 0.273 e. The van der Waals surface area contributed by atoms with Crippen LogP contribution in [0.25, 0.3) is 0 Å². The van der Waals surface area contributed by atoms with Crippen molar-refractivity contribution in [3.63, 3.8) is 0 Å². The molecule has 0 saturated carbocycles. The number of ether oxygens (including phenoxy) is 2. The van der Waals surface area contributed by atoms with E-state index in [4.69, 9.17) is 20.9 Å². The summed E-state index contributed by atoms with van der Waals surface area (Å²) in [6.45, 7) is 5.75. The van der Waals surface area contributed by atoms with E-state index in [0.717, 1.165) is 11.5 Å². The van der Waals surface area contributed by atoms with Gasteiger partial charge in [0.2, 0.25) is 5.91 Å². The summed E-state index contributed by atoms with van der Waals surface area (Å²) in [5.74, 6) is -0.700. The van der Waals surface area contributed by atoms with Crippen LogP contribution in [0.4, 0.5) is 11.4 Å². The molecule has 0 saturated heterocycles. The monoisotopic (exact) mass is 525 g/mol. The standard InChI is InChI=1S/C26H31N5O5S/c1-6-26(2,3)29-24(33)21(15-7-11-17(35-4)12-8-15)31(16-9-13-18(36-5)14-10-16)25(34)22-19(27)20(23(28)32)30-37-22/h7-14,21H,6,27H2,1-5H3,(H2,28,32)(H,29,33)/t21-/m1/s1. The number of carbonyl (C=O) groups excluding carboxylic acids is 3. The van der Waals surface area contributed by atoms with Crippen LogP contribution in [0.3, 0.4) is 0 Å². The number of aromatic nitrogens is 1. The molecule has 0 fully saturated rings. The number of benzene rings is 2. The van der Waals surface area contributed by atoms with Crippen molar-refractivity contribution in [2.45, 2.75) is 38.8 Å². The first kappa shape index (κ1) is 27.5. The van der Waals surface area contributed by atoms with Crippen molar-refractivity contribution in [3.8, 4) is 11.5 Å². The van der Waals surface area contributed by atoms with Gasteiger partial charge in [-0.2, -0.15) is 4.37 Å². The zero-order valence-corrected chi connectivity index (χ0v) is 22.2. The van der Waals surface area contributed by atoms with E-state index in [1.807, 2.05) is 20.8 Å². The molecule has 3 aromatic rings. The number of hydrogen-bond donors (Lipinski definition) is 3. The molecule has 2 aromatic carbocycles. The van der Waals surface area contributed by atoms with Gasteiger partial charge in [-0.3, -0.25) is 19.3 Å². The van der Waals surface area contributed by atoms with E-state index in [-0.39, 0.29) is 16.3 Å². The van der Waals surface area contributed by atoms with Crippen LogP contribution in [0.2, 0.25) is 0 Å². The Morgan fingerprint density at radius 1 is 1.03 bits per heavy atom. The third-order valence-corrected chi connectivity index (χ3v) is 6.86. The minimum atomic E-state index is -1.10. The number of nitrogens with two attached hydrogens (primary N) is 2. The van der Waals surface area contributed by atoms with Gasteiger partial charge in [0.1, 0.15) is 22.4 Å². The second-order valence-corrected chi connectivity index (χ2v) is 9.69. The van der Waals surface area contributed by atoms with Crippen LogP contribution >= 0.6 is 11.5 Å². The number of anilines is 2. The predicted octanol–water partition coefficient (Wildman–Crippen LogP) is 3.53. The summed E-state index contributed by atoms with van der Waals surface area (Å²) >= 11 is 0.748. The SMILES string of the molecule is CCC(C)(C)NC(=O)[C@@H](c1ccc(OC)cc1)N(C(=O)c1snc(C(N)=O)c1N)c1ccc(OC)cc1. The Morgan fingerprint density at radius 2 is 1.57 bits per heavy atom. The summed E-state index contributed by atoms with van der Waals surface area (Å²) in [6.07, 6.45) is 0.661. The van der Waals surface area contributed by atoms with Gasteiger partial charge in [-0.1, -0.05) is 19.1 Å². The molecule has 0 unspecified atom stereocenters. The minimum Gasteiger partial charge on any atom is -0.497 e. The zero-order chi connectivity index (χ0) is 27.3. The van der Waals surface area contributed by atoms with E-state index in [1.54, 1.807) is 55.6 Å². The number of primary amides is 1. The molecule has 0 aliphatic rings. The second-order valence-electron chi connectivity index (χ2n) is 8.91. The molecule has 1 heterocycles. The molecule has 3 amide bonds. The maximum Gasteiger partial charge on any atom is 0.273 e. The van der Waals surface area contributed by atoms with E-state index in [9.17, 15) is 14.4 Å². The number of methoxy groups -OCH3 is 2. The zero-order valence-electron chi connectivity index (χ0n) is 21.4. The number of carbonyl (C=O) groups is 3. The van der Waals surface area contributed by atoms with Gasteiger partial charge in [0.25, 0.3) is 11.8 Å². The van der Waals surface area contributed by atoms with Gasteiger partial charge in [0.05, 0.1) is 19.9 Å². The number of nitrogen functional groups attached to an aromatic ring is 1. The molecule has 11 heteroatoms. The van der Waals surface area contributed by atoms with Gasteiger partial charge in [-0.25, -0.2) is 0 Å². The molecule has 37 heavy (non-hydrogen) atoms. The molecule has 196 valence electrons. The van der Waals surface area contributed by atoms with Gasteiger partial charge in [-0.05, 0) is 73.8 Å². The lowest BCUT2D eigenvalue weighted by atomic mass is 9.98. The molecular weight excluding hydrogens is 494 g/mol. The highest BCUT2D eigenvalue weighted by molar-refractivity contribution is 7.09. The highest BCUT2D eigenvalue weighted by Crippen LogP contribution is 2.35. The first-order valence-corrected chi connectivity index (χ1v) is 12.3. The molecule has 0 radical (unpaired) electrons. The summed E-state index contributed by atoms with van der Waals surface area (Å²) in [4.78, 5) is 41.0. The van der Waals surface area contributed by atoms with Crippen molar-refractivity contribution < 1.29 is 23.9 Å². The molecule has 5 N–H and O–H groups in total. The fourth-order valence-corrected chi connectivity index (χ4v) is 4.30. The van der Waals surface area contributed by atoms with Gasteiger partial charge in [0, 0.05) is 11.2 Å². The lowest BCUT2D eigenvalue weighted by Crippen LogP contribution is -2.50. The topological polar surface area (TPSA) is 150 Å². The first-order valence-electron chi connectivity index (χ1n) is 11.5. The normalized spacial score (nSPS) is 11.9. The molecule has 1 atom stereocenters. The summed E-state index contributed by atoms with van der Waals surface area (Å²) in [7, 11) is 3.07. The van der Waals surface area contributed by atoms with E-state index in [0.29, 0.717) is 29.2 Å². The highest BCUT2D eigenvalue weighted by Gasteiger charge is 2.37.